The van der Waals surface area contributed by atoms with Gasteiger partial charge in [-0.3, -0.25) is 0 Å². The predicted molar refractivity (Wildman–Crippen MR) is 104 cm³/mol. The molecule has 7 heteroatoms. The van der Waals surface area contributed by atoms with Crippen LogP contribution in [-0.2, 0) is 10.0 Å². The maximum atomic E-state index is 14.5. The number of nitrogens with zero attached hydrogens (tertiary/aromatic N) is 1. The van der Waals surface area contributed by atoms with Gasteiger partial charge < -0.3 is 0 Å². The van der Waals surface area contributed by atoms with Crippen LogP contribution >= 0.6 is 15.9 Å². The summed E-state index contributed by atoms with van der Waals surface area (Å²) in [5, 5.41) is 0.543. The number of hydrogen-bond donors (Lipinski definition) is 0. The first-order valence-electron chi connectivity index (χ1n) is 7.95. The number of halogens is 3. The second kappa shape index (κ2) is 6.58. The molecule has 0 unspecified atom stereocenters. The maximum Gasteiger partial charge on any atom is 0.268 e. The Labute approximate surface area is 163 Å². The first-order valence-corrected chi connectivity index (χ1v) is 10.2. The third-order valence-electron chi connectivity index (χ3n) is 4.22. The van der Waals surface area contributed by atoms with E-state index < -0.39 is 21.7 Å². The van der Waals surface area contributed by atoms with Crippen molar-refractivity contribution in [3.63, 3.8) is 0 Å². The lowest BCUT2D eigenvalue weighted by molar-refractivity contribution is 0.583. The fourth-order valence-corrected chi connectivity index (χ4v) is 4.95. The number of hydrogen-bond acceptors (Lipinski definition) is 2. The van der Waals surface area contributed by atoms with Crippen LogP contribution in [0.5, 0.6) is 0 Å². The quantitative estimate of drug-likeness (QED) is 0.410. The molecule has 4 rings (SSSR count). The normalized spacial score (nSPS) is 11.8. The largest absolute Gasteiger partial charge is 0.268 e. The number of rotatable bonds is 3. The van der Waals surface area contributed by atoms with Gasteiger partial charge in [-0.25, -0.2) is 21.2 Å². The minimum atomic E-state index is -4.08. The Kier molecular flexibility index (Phi) is 4.36. The van der Waals surface area contributed by atoms with Crippen LogP contribution < -0.4 is 0 Å². The van der Waals surface area contributed by atoms with Gasteiger partial charge in [-0.05, 0) is 48.5 Å². The summed E-state index contributed by atoms with van der Waals surface area (Å²) in [4.78, 5) is 0.0309. The zero-order valence-corrected chi connectivity index (χ0v) is 16.1. The molecule has 0 aliphatic carbocycles. The van der Waals surface area contributed by atoms with E-state index in [4.69, 9.17) is 0 Å². The molecule has 0 N–H and O–H groups in total. The van der Waals surface area contributed by atoms with Crippen LogP contribution in [0.1, 0.15) is 0 Å². The highest BCUT2D eigenvalue weighted by molar-refractivity contribution is 9.10. The Bertz CT molecular complexity index is 1250. The van der Waals surface area contributed by atoms with Crippen molar-refractivity contribution in [2.24, 2.45) is 0 Å². The summed E-state index contributed by atoms with van der Waals surface area (Å²) in [5.41, 5.74) is -0.119. The van der Waals surface area contributed by atoms with Crippen LogP contribution in [-0.4, -0.2) is 12.4 Å². The first kappa shape index (κ1) is 17.9. The van der Waals surface area contributed by atoms with Gasteiger partial charge in [0, 0.05) is 9.86 Å². The van der Waals surface area contributed by atoms with Crippen molar-refractivity contribution in [1.29, 1.82) is 0 Å². The van der Waals surface area contributed by atoms with E-state index in [2.05, 4.69) is 15.9 Å². The Hall–Kier alpha value is -2.51. The van der Waals surface area contributed by atoms with Crippen molar-refractivity contribution in [3.8, 4) is 11.3 Å². The molecule has 0 aliphatic rings. The summed E-state index contributed by atoms with van der Waals surface area (Å²) in [6.07, 6.45) is 0. The second-order valence-electron chi connectivity index (χ2n) is 5.91. The molecule has 4 aromatic rings. The van der Waals surface area contributed by atoms with Gasteiger partial charge in [-0.15, -0.1) is 0 Å². The molecule has 0 radical (unpaired) electrons. The van der Waals surface area contributed by atoms with Crippen LogP contribution in [0, 0.1) is 11.6 Å². The summed E-state index contributed by atoms with van der Waals surface area (Å²) >= 11 is 3.34. The van der Waals surface area contributed by atoms with Gasteiger partial charge in [-0.1, -0.05) is 40.2 Å². The Balaban J connectivity index is 2.14. The van der Waals surface area contributed by atoms with Crippen LogP contribution in [0.2, 0.25) is 0 Å². The highest BCUT2D eigenvalue weighted by Crippen LogP contribution is 2.35. The molecule has 0 amide bonds. The standard InChI is InChI=1S/C20H12BrF2NO2S/c21-14-9-10-18-13(11-14)12-19(20-16(22)7-4-8-17(20)23)24(18)27(25,26)15-5-2-1-3-6-15/h1-12H. The summed E-state index contributed by atoms with van der Waals surface area (Å²) in [6.45, 7) is 0. The minimum absolute atomic E-state index is 0.0309. The smallest absolute Gasteiger partial charge is 0.233 e. The Morgan fingerprint density at radius 1 is 0.815 bits per heavy atom. The molecule has 0 spiro atoms. The molecule has 3 nitrogen and oxygen atoms in total. The Morgan fingerprint density at radius 2 is 1.48 bits per heavy atom. The molecule has 3 aromatic carbocycles. The van der Waals surface area contributed by atoms with E-state index >= 15 is 0 Å². The molecule has 0 aliphatic heterocycles. The zero-order chi connectivity index (χ0) is 19.2. The minimum Gasteiger partial charge on any atom is -0.233 e. The number of benzene rings is 3. The van der Waals surface area contributed by atoms with Gasteiger partial charge in [0.15, 0.2) is 0 Å². The molecule has 1 heterocycles. The molecule has 0 atom stereocenters. The van der Waals surface area contributed by atoms with Crippen molar-refractivity contribution in [2.75, 3.05) is 0 Å². The Morgan fingerprint density at radius 3 is 2.15 bits per heavy atom. The van der Waals surface area contributed by atoms with Crippen LogP contribution in [0.4, 0.5) is 8.78 Å². The molecule has 0 saturated heterocycles. The van der Waals surface area contributed by atoms with Gasteiger partial charge in [0.05, 0.1) is 21.7 Å². The molecule has 0 saturated carbocycles. The number of aromatic nitrogens is 1. The van der Waals surface area contributed by atoms with Gasteiger partial charge in [0.1, 0.15) is 11.6 Å². The van der Waals surface area contributed by atoms with E-state index in [1.165, 1.54) is 24.3 Å². The molecule has 0 bridgehead atoms. The van der Waals surface area contributed by atoms with Crippen molar-refractivity contribution < 1.29 is 17.2 Å². The van der Waals surface area contributed by atoms with E-state index in [0.29, 0.717) is 10.9 Å². The van der Waals surface area contributed by atoms with E-state index in [1.54, 1.807) is 36.4 Å². The van der Waals surface area contributed by atoms with E-state index in [-0.39, 0.29) is 16.2 Å². The summed E-state index contributed by atoms with van der Waals surface area (Å²) in [7, 11) is -4.08. The van der Waals surface area contributed by atoms with Gasteiger partial charge in [0.25, 0.3) is 10.0 Å². The monoisotopic (exact) mass is 447 g/mol. The van der Waals surface area contributed by atoms with Gasteiger partial charge in [0.2, 0.25) is 0 Å². The lowest BCUT2D eigenvalue weighted by Crippen LogP contribution is -2.14. The first-order chi connectivity index (χ1) is 12.9. The lowest BCUT2D eigenvalue weighted by atomic mass is 10.1. The topological polar surface area (TPSA) is 39.1 Å². The van der Waals surface area contributed by atoms with E-state index in [0.717, 1.165) is 20.6 Å². The van der Waals surface area contributed by atoms with Crippen molar-refractivity contribution >= 4 is 36.9 Å². The van der Waals surface area contributed by atoms with Crippen LogP contribution in [0.15, 0.2) is 82.2 Å². The summed E-state index contributed by atoms with van der Waals surface area (Å²) in [6, 6.07) is 17.7. The third-order valence-corrected chi connectivity index (χ3v) is 6.45. The fraction of sp³-hybridized carbons (Fsp3) is 0. The second-order valence-corrected chi connectivity index (χ2v) is 8.61. The highest BCUT2D eigenvalue weighted by Gasteiger charge is 2.26. The molecule has 1 aromatic heterocycles. The average Bonchev–Trinajstić information content (AvgIpc) is 3.01. The summed E-state index contributed by atoms with van der Waals surface area (Å²) in [5.74, 6) is -1.66. The SMILES string of the molecule is O=S(=O)(c1ccccc1)n1c(-c2c(F)cccc2F)cc2cc(Br)ccc21. The predicted octanol–water partition coefficient (Wildman–Crippen LogP) is 5.59. The van der Waals surface area contributed by atoms with E-state index in [9.17, 15) is 17.2 Å². The maximum absolute atomic E-state index is 14.5. The fourth-order valence-electron chi connectivity index (χ4n) is 3.03. The van der Waals surface area contributed by atoms with Crippen molar-refractivity contribution in [3.05, 3.63) is 88.9 Å². The molecule has 0 fully saturated rings. The van der Waals surface area contributed by atoms with E-state index in [1.807, 2.05) is 0 Å². The van der Waals surface area contributed by atoms with Gasteiger partial charge >= 0.3 is 0 Å². The molecule has 27 heavy (non-hydrogen) atoms. The molecular weight excluding hydrogens is 436 g/mol. The zero-order valence-electron chi connectivity index (χ0n) is 13.7. The van der Waals surface area contributed by atoms with Crippen molar-refractivity contribution in [1.82, 2.24) is 3.97 Å². The lowest BCUT2D eigenvalue weighted by Gasteiger charge is -2.13. The van der Waals surface area contributed by atoms with Gasteiger partial charge in [-0.2, -0.15) is 0 Å². The molecular formula is C20H12BrF2NO2S. The third kappa shape index (κ3) is 2.96. The van der Waals surface area contributed by atoms with Crippen molar-refractivity contribution in [2.45, 2.75) is 4.90 Å². The van der Waals surface area contributed by atoms with Crippen LogP contribution in [0.25, 0.3) is 22.2 Å². The number of fused-ring (bicyclic) bond motifs is 1. The molecule has 136 valence electrons. The van der Waals surface area contributed by atoms with Crippen LogP contribution in [0.3, 0.4) is 0 Å². The average molecular weight is 448 g/mol. The summed E-state index contributed by atoms with van der Waals surface area (Å²) < 4.78 is 57.3. The highest BCUT2D eigenvalue weighted by atomic mass is 79.9.